The first kappa shape index (κ1) is 12.6. The summed E-state index contributed by atoms with van der Waals surface area (Å²) in [7, 11) is 0. The number of hydrogen-bond donors (Lipinski definition) is 1. The van der Waals surface area contributed by atoms with E-state index in [-0.39, 0.29) is 0 Å². The van der Waals surface area contributed by atoms with Crippen molar-refractivity contribution in [2.75, 3.05) is 0 Å². The zero-order valence-corrected chi connectivity index (χ0v) is 11.5. The van der Waals surface area contributed by atoms with Crippen molar-refractivity contribution >= 4 is 11.8 Å². The minimum Gasteiger partial charge on any atom is -0.402 e. The second-order valence-corrected chi connectivity index (χ2v) is 6.42. The van der Waals surface area contributed by atoms with Gasteiger partial charge in [-0.15, -0.1) is 11.8 Å². The topological polar surface area (TPSA) is 26.0 Å². The Bertz CT molecular complexity index is 413. The SMILES string of the molecule is CC1=CCC(C/C2=C(\C)C=CC/C(N)=C\C2)S1. The van der Waals surface area contributed by atoms with E-state index in [1.807, 2.05) is 11.8 Å². The van der Waals surface area contributed by atoms with E-state index in [4.69, 9.17) is 5.73 Å². The molecule has 0 spiro atoms. The Morgan fingerprint density at radius 1 is 1.29 bits per heavy atom. The summed E-state index contributed by atoms with van der Waals surface area (Å²) in [5.74, 6) is 0. The van der Waals surface area contributed by atoms with Gasteiger partial charge in [0.15, 0.2) is 0 Å². The first-order chi connectivity index (χ1) is 8.15. The standard InChI is InChI=1S/C15H21NS/c1-11-4-3-5-14(16)8-7-13(11)10-15-9-6-12(2)17-15/h3-4,6,8,15H,5,7,9-10,16H2,1-2H3/b4-3?,13-11+,14-8+. The molecular weight excluding hydrogens is 226 g/mol. The fourth-order valence-electron chi connectivity index (χ4n) is 2.29. The molecule has 1 atom stereocenters. The van der Waals surface area contributed by atoms with Gasteiger partial charge < -0.3 is 5.73 Å². The molecule has 0 aromatic heterocycles. The predicted octanol–water partition coefficient (Wildman–Crippen LogP) is 4.29. The minimum absolute atomic E-state index is 0.738. The fourth-order valence-corrected chi connectivity index (χ4v) is 3.48. The number of allylic oxidation sites excluding steroid dienone is 7. The van der Waals surface area contributed by atoms with Gasteiger partial charge in [0.1, 0.15) is 0 Å². The summed E-state index contributed by atoms with van der Waals surface area (Å²) < 4.78 is 0. The highest BCUT2D eigenvalue weighted by atomic mass is 32.2. The molecule has 2 rings (SSSR count). The maximum atomic E-state index is 5.91. The highest BCUT2D eigenvalue weighted by Gasteiger charge is 2.17. The van der Waals surface area contributed by atoms with Gasteiger partial charge in [0.25, 0.3) is 0 Å². The van der Waals surface area contributed by atoms with Gasteiger partial charge >= 0.3 is 0 Å². The van der Waals surface area contributed by atoms with E-state index in [9.17, 15) is 0 Å². The third-order valence-electron chi connectivity index (χ3n) is 3.38. The van der Waals surface area contributed by atoms with Crippen molar-refractivity contribution in [3.63, 3.8) is 0 Å². The second kappa shape index (κ2) is 5.63. The molecule has 0 fully saturated rings. The van der Waals surface area contributed by atoms with E-state index in [0.29, 0.717) is 0 Å². The molecule has 0 saturated heterocycles. The normalized spacial score (nSPS) is 32.7. The number of nitrogens with two attached hydrogens (primary N) is 1. The predicted molar refractivity (Wildman–Crippen MR) is 77.7 cm³/mol. The van der Waals surface area contributed by atoms with Crippen molar-refractivity contribution in [3.05, 3.63) is 46.1 Å². The first-order valence-electron chi connectivity index (χ1n) is 6.28. The maximum Gasteiger partial charge on any atom is 0.0163 e. The van der Waals surface area contributed by atoms with Gasteiger partial charge in [-0.05, 0) is 38.0 Å². The van der Waals surface area contributed by atoms with Crippen LogP contribution in [0.4, 0.5) is 0 Å². The van der Waals surface area contributed by atoms with E-state index in [2.05, 4.69) is 38.2 Å². The van der Waals surface area contributed by atoms with Crippen LogP contribution in [0.3, 0.4) is 0 Å². The van der Waals surface area contributed by atoms with Gasteiger partial charge in [-0.1, -0.05) is 35.5 Å². The molecule has 2 aliphatic rings. The Hall–Kier alpha value is -0.890. The third-order valence-corrected chi connectivity index (χ3v) is 4.62. The molecule has 1 aliphatic carbocycles. The highest BCUT2D eigenvalue weighted by molar-refractivity contribution is 8.03. The number of rotatable bonds is 2. The van der Waals surface area contributed by atoms with Crippen LogP contribution >= 0.6 is 11.8 Å². The molecule has 1 heterocycles. The van der Waals surface area contributed by atoms with Crippen LogP contribution < -0.4 is 5.73 Å². The van der Waals surface area contributed by atoms with E-state index >= 15 is 0 Å². The van der Waals surface area contributed by atoms with Gasteiger partial charge in [-0.2, -0.15) is 0 Å². The summed E-state index contributed by atoms with van der Waals surface area (Å²) in [4.78, 5) is 1.48. The molecule has 0 aromatic carbocycles. The highest BCUT2D eigenvalue weighted by Crippen LogP contribution is 2.36. The summed E-state index contributed by atoms with van der Waals surface area (Å²) in [6, 6.07) is 0. The molecule has 1 aliphatic heterocycles. The maximum absolute atomic E-state index is 5.91. The second-order valence-electron chi connectivity index (χ2n) is 4.87. The Kier molecular flexibility index (Phi) is 4.16. The van der Waals surface area contributed by atoms with Crippen molar-refractivity contribution in [1.29, 1.82) is 0 Å². The average molecular weight is 247 g/mol. The summed E-state index contributed by atoms with van der Waals surface area (Å²) in [6.45, 7) is 4.43. The van der Waals surface area contributed by atoms with Gasteiger partial charge in [0.05, 0.1) is 0 Å². The number of hydrogen-bond acceptors (Lipinski definition) is 2. The van der Waals surface area contributed by atoms with Gasteiger partial charge in [0.2, 0.25) is 0 Å². The first-order valence-corrected chi connectivity index (χ1v) is 7.16. The molecule has 2 heteroatoms. The van der Waals surface area contributed by atoms with Crippen LogP contribution in [0.1, 0.15) is 39.5 Å². The van der Waals surface area contributed by atoms with Crippen LogP contribution in [-0.2, 0) is 0 Å². The summed E-state index contributed by atoms with van der Waals surface area (Å²) in [5.41, 5.74) is 9.89. The van der Waals surface area contributed by atoms with E-state index in [1.165, 1.54) is 23.3 Å². The van der Waals surface area contributed by atoms with Gasteiger partial charge in [-0.3, -0.25) is 0 Å². The van der Waals surface area contributed by atoms with Crippen molar-refractivity contribution in [3.8, 4) is 0 Å². The molecule has 0 aromatic rings. The van der Waals surface area contributed by atoms with Crippen molar-refractivity contribution in [2.45, 2.75) is 44.8 Å². The molecule has 0 bridgehead atoms. The largest absolute Gasteiger partial charge is 0.402 e. The van der Waals surface area contributed by atoms with Gasteiger partial charge in [0, 0.05) is 17.4 Å². The molecule has 2 N–H and O–H groups in total. The molecule has 1 unspecified atom stereocenters. The van der Waals surface area contributed by atoms with Gasteiger partial charge in [-0.25, -0.2) is 0 Å². The van der Waals surface area contributed by atoms with E-state index in [1.54, 1.807) is 5.57 Å². The van der Waals surface area contributed by atoms with E-state index in [0.717, 1.165) is 23.8 Å². The third kappa shape index (κ3) is 3.53. The lowest BCUT2D eigenvalue weighted by Crippen LogP contribution is -2.03. The lowest BCUT2D eigenvalue weighted by Gasteiger charge is -2.15. The Morgan fingerprint density at radius 2 is 2.12 bits per heavy atom. The van der Waals surface area contributed by atoms with Crippen LogP contribution in [0.25, 0.3) is 0 Å². The Labute approximate surface area is 109 Å². The molecule has 92 valence electrons. The van der Waals surface area contributed by atoms with Crippen LogP contribution in [0.2, 0.25) is 0 Å². The molecule has 1 nitrogen and oxygen atoms in total. The molecular formula is C15H21NS. The Morgan fingerprint density at radius 3 is 2.82 bits per heavy atom. The zero-order valence-electron chi connectivity index (χ0n) is 10.7. The lowest BCUT2D eigenvalue weighted by atomic mass is 9.97. The van der Waals surface area contributed by atoms with Crippen LogP contribution in [0, 0.1) is 0 Å². The summed E-state index contributed by atoms with van der Waals surface area (Å²) >= 11 is 2.02. The van der Waals surface area contributed by atoms with Crippen LogP contribution in [0.15, 0.2) is 46.1 Å². The average Bonchev–Trinajstić information content (AvgIpc) is 2.68. The molecule has 0 saturated carbocycles. The fraction of sp³-hybridized carbons (Fsp3) is 0.467. The minimum atomic E-state index is 0.738. The quantitative estimate of drug-likeness (QED) is 0.787. The summed E-state index contributed by atoms with van der Waals surface area (Å²) in [6.07, 6.45) is 13.3. The van der Waals surface area contributed by atoms with Crippen molar-refractivity contribution in [2.24, 2.45) is 5.73 Å². The monoisotopic (exact) mass is 247 g/mol. The van der Waals surface area contributed by atoms with Crippen LogP contribution in [0.5, 0.6) is 0 Å². The summed E-state index contributed by atoms with van der Waals surface area (Å²) in [5, 5.41) is 0.738. The smallest absolute Gasteiger partial charge is 0.0163 e. The lowest BCUT2D eigenvalue weighted by molar-refractivity contribution is 0.834. The molecule has 0 amide bonds. The van der Waals surface area contributed by atoms with Crippen molar-refractivity contribution in [1.82, 2.24) is 0 Å². The van der Waals surface area contributed by atoms with Crippen LogP contribution in [-0.4, -0.2) is 5.25 Å². The van der Waals surface area contributed by atoms with E-state index < -0.39 is 0 Å². The molecule has 17 heavy (non-hydrogen) atoms. The zero-order chi connectivity index (χ0) is 12.3. The number of thioether (sulfide) groups is 1. The van der Waals surface area contributed by atoms with Crippen molar-refractivity contribution < 1.29 is 0 Å². The Balaban J connectivity index is 2.05. The molecule has 0 radical (unpaired) electrons.